The van der Waals surface area contributed by atoms with Crippen molar-refractivity contribution in [3.05, 3.63) is 64.4 Å². The Morgan fingerprint density at radius 3 is 2.54 bits per heavy atom. The molecule has 134 valence electrons. The number of aromatic amines is 1. The van der Waals surface area contributed by atoms with E-state index < -0.39 is 0 Å². The van der Waals surface area contributed by atoms with Crippen molar-refractivity contribution in [1.82, 2.24) is 4.98 Å². The number of nitrogens with one attached hydrogen (secondary N) is 1. The lowest BCUT2D eigenvalue weighted by Crippen LogP contribution is -2.31. The van der Waals surface area contributed by atoms with E-state index in [-0.39, 0.29) is 18.0 Å². The normalized spacial score (nSPS) is 10.6. The number of anilines is 1. The van der Waals surface area contributed by atoms with E-state index in [9.17, 15) is 9.59 Å². The van der Waals surface area contributed by atoms with Crippen LogP contribution in [-0.2, 0) is 11.3 Å². The third kappa shape index (κ3) is 3.39. The monoisotopic (exact) mass is 352 g/mol. The van der Waals surface area contributed by atoms with Gasteiger partial charge in [-0.05, 0) is 35.7 Å². The highest BCUT2D eigenvalue weighted by Crippen LogP contribution is 2.29. The molecule has 0 unspecified atom stereocenters. The van der Waals surface area contributed by atoms with Crippen LogP contribution in [0.5, 0.6) is 11.5 Å². The first-order chi connectivity index (χ1) is 12.5. The topological polar surface area (TPSA) is 71.6 Å². The molecular weight excluding hydrogens is 332 g/mol. The van der Waals surface area contributed by atoms with E-state index in [1.807, 2.05) is 24.3 Å². The van der Waals surface area contributed by atoms with E-state index in [2.05, 4.69) is 4.98 Å². The highest BCUT2D eigenvalue weighted by atomic mass is 16.5. The molecule has 26 heavy (non-hydrogen) atoms. The fourth-order valence-corrected chi connectivity index (χ4v) is 2.86. The van der Waals surface area contributed by atoms with E-state index >= 15 is 0 Å². The molecule has 6 heteroatoms. The number of hydrogen-bond donors (Lipinski definition) is 1. The zero-order valence-electron chi connectivity index (χ0n) is 14.9. The van der Waals surface area contributed by atoms with Gasteiger partial charge in [0.05, 0.1) is 32.0 Å². The summed E-state index contributed by atoms with van der Waals surface area (Å²) in [6.07, 6.45) is 0. The van der Waals surface area contributed by atoms with E-state index in [0.29, 0.717) is 28.3 Å². The number of pyridine rings is 1. The van der Waals surface area contributed by atoms with Gasteiger partial charge in [0.2, 0.25) is 5.91 Å². The second-order valence-corrected chi connectivity index (χ2v) is 5.85. The third-order valence-corrected chi connectivity index (χ3v) is 4.21. The molecule has 1 heterocycles. The molecule has 0 saturated heterocycles. The van der Waals surface area contributed by atoms with Crippen LogP contribution in [0.15, 0.2) is 53.3 Å². The average molecular weight is 352 g/mol. The number of carbonyl (C=O) groups is 1. The molecule has 0 saturated carbocycles. The van der Waals surface area contributed by atoms with Crippen molar-refractivity contribution in [2.24, 2.45) is 0 Å². The number of amides is 1. The molecule has 0 spiro atoms. The molecule has 1 amide bonds. The van der Waals surface area contributed by atoms with Crippen molar-refractivity contribution in [1.29, 1.82) is 0 Å². The van der Waals surface area contributed by atoms with Crippen LogP contribution < -0.4 is 19.9 Å². The van der Waals surface area contributed by atoms with Crippen LogP contribution in [0.2, 0.25) is 0 Å². The fraction of sp³-hybridized carbons (Fsp3) is 0.200. The van der Waals surface area contributed by atoms with Crippen molar-refractivity contribution in [2.45, 2.75) is 13.5 Å². The quantitative estimate of drug-likeness (QED) is 0.766. The molecule has 0 aliphatic rings. The van der Waals surface area contributed by atoms with Crippen LogP contribution in [-0.4, -0.2) is 25.1 Å². The van der Waals surface area contributed by atoms with Crippen LogP contribution in [0, 0.1) is 0 Å². The van der Waals surface area contributed by atoms with Gasteiger partial charge in [-0.2, -0.15) is 0 Å². The summed E-state index contributed by atoms with van der Waals surface area (Å²) < 4.78 is 10.5. The zero-order valence-corrected chi connectivity index (χ0v) is 14.9. The number of carbonyl (C=O) groups excluding carboxylic acids is 1. The Bertz CT molecular complexity index is 1010. The van der Waals surface area contributed by atoms with Crippen LogP contribution in [0.3, 0.4) is 0 Å². The lowest BCUT2D eigenvalue weighted by molar-refractivity contribution is -0.116. The number of fused-ring (bicyclic) bond motifs is 1. The SMILES string of the molecule is COc1ccc2cc(CN(C(C)=O)c3ccccc3OC)c(=O)[nH]c2c1. The summed E-state index contributed by atoms with van der Waals surface area (Å²) in [5.74, 6) is 1.06. The average Bonchev–Trinajstić information content (AvgIpc) is 2.65. The molecule has 0 atom stereocenters. The number of rotatable bonds is 5. The second-order valence-electron chi connectivity index (χ2n) is 5.85. The Morgan fingerprint density at radius 1 is 1.08 bits per heavy atom. The van der Waals surface area contributed by atoms with Gasteiger partial charge >= 0.3 is 0 Å². The first kappa shape index (κ1) is 17.5. The summed E-state index contributed by atoms with van der Waals surface area (Å²) >= 11 is 0. The van der Waals surface area contributed by atoms with E-state index in [0.717, 1.165) is 5.39 Å². The Hall–Kier alpha value is -3.28. The number of methoxy groups -OCH3 is 2. The summed E-state index contributed by atoms with van der Waals surface area (Å²) in [5.41, 5.74) is 1.55. The summed E-state index contributed by atoms with van der Waals surface area (Å²) in [6, 6.07) is 14.5. The predicted molar refractivity (Wildman–Crippen MR) is 101 cm³/mol. The largest absolute Gasteiger partial charge is 0.497 e. The van der Waals surface area contributed by atoms with Crippen LogP contribution in [0.1, 0.15) is 12.5 Å². The summed E-state index contributed by atoms with van der Waals surface area (Å²) in [5, 5.41) is 0.865. The van der Waals surface area contributed by atoms with Crippen LogP contribution in [0.4, 0.5) is 5.69 Å². The van der Waals surface area contributed by atoms with Crippen LogP contribution >= 0.6 is 0 Å². The van der Waals surface area contributed by atoms with Gasteiger partial charge in [-0.25, -0.2) is 0 Å². The number of hydrogen-bond acceptors (Lipinski definition) is 4. The molecule has 0 radical (unpaired) electrons. The Labute approximate surface area is 151 Å². The lowest BCUT2D eigenvalue weighted by Gasteiger charge is -2.23. The predicted octanol–water partition coefficient (Wildman–Crippen LogP) is 3.10. The minimum Gasteiger partial charge on any atom is -0.497 e. The summed E-state index contributed by atoms with van der Waals surface area (Å²) in [6.45, 7) is 1.61. The number of aromatic nitrogens is 1. The van der Waals surface area contributed by atoms with Gasteiger partial charge in [-0.3, -0.25) is 9.59 Å². The molecule has 6 nitrogen and oxygen atoms in total. The van der Waals surface area contributed by atoms with Crippen molar-refractivity contribution >= 4 is 22.5 Å². The van der Waals surface area contributed by atoms with Gasteiger partial charge in [0, 0.05) is 18.6 Å². The van der Waals surface area contributed by atoms with Crippen molar-refractivity contribution in [3.63, 3.8) is 0 Å². The molecule has 3 aromatic rings. The highest BCUT2D eigenvalue weighted by Gasteiger charge is 2.18. The standard InChI is InChI=1S/C20H20N2O4/c1-13(23)22(18-6-4-5-7-19(18)26-3)12-15-10-14-8-9-16(25-2)11-17(14)21-20(15)24/h4-11H,12H2,1-3H3,(H,21,24). The van der Waals surface area contributed by atoms with Crippen molar-refractivity contribution in [2.75, 3.05) is 19.1 Å². The molecular formula is C20H20N2O4. The molecule has 1 aromatic heterocycles. The Balaban J connectivity index is 2.03. The number of H-pyrrole nitrogens is 1. The van der Waals surface area contributed by atoms with Gasteiger partial charge in [0.1, 0.15) is 11.5 Å². The molecule has 0 aliphatic heterocycles. The van der Waals surface area contributed by atoms with Gasteiger partial charge < -0.3 is 19.4 Å². The Kier molecular flexibility index (Phi) is 4.93. The first-order valence-electron chi connectivity index (χ1n) is 8.14. The summed E-state index contributed by atoms with van der Waals surface area (Å²) in [7, 11) is 3.12. The molecule has 1 N–H and O–H groups in total. The maximum absolute atomic E-state index is 12.5. The second kappa shape index (κ2) is 7.31. The zero-order chi connectivity index (χ0) is 18.7. The minimum absolute atomic E-state index is 0.146. The first-order valence-corrected chi connectivity index (χ1v) is 8.14. The molecule has 3 rings (SSSR count). The number of nitrogens with zero attached hydrogens (tertiary/aromatic N) is 1. The van der Waals surface area contributed by atoms with Gasteiger partial charge in [0.25, 0.3) is 5.56 Å². The lowest BCUT2D eigenvalue weighted by atomic mass is 10.1. The van der Waals surface area contributed by atoms with Gasteiger partial charge in [-0.15, -0.1) is 0 Å². The number of ether oxygens (including phenoxy) is 2. The van der Waals surface area contributed by atoms with E-state index in [4.69, 9.17) is 9.47 Å². The smallest absolute Gasteiger partial charge is 0.253 e. The summed E-state index contributed by atoms with van der Waals surface area (Å²) in [4.78, 5) is 29.1. The molecule has 0 aliphatic carbocycles. The minimum atomic E-state index is -0.244. The van der Waals surface area contributed by atoms with Crippen molar-refractivity contribution < 1.29 is 14.3 Å². The number of benzene rings is 2. The van der Waals surface area contributed by atoms with E-state index in [1.165, 1.54) is 11.8 Å². The van der Waals surface area contributed by atoms with Gasteiger partial charge in [-0.1, -0.05) is 12.1 Å². The number of para-hydroxylation sites is 2. The van der Waals surface area contributed by atoms with Crippen LogP contribution in [0.25, 0.3) is 10.9 Å². The molecule has 2 aromatic carbocycles. The third-order valence-electron chi connectivity index (χ3n) is 4.21. The fourth-order valence-electron chi connectivity index (χ4n) is 2.86. The van der Waals surface area contributed by atoms with Crippen molar-refractivity contribution in [3.8, 4) is 11.5 Å². The maximum Gasteiger partial charge on any atom is 0.253 e. The molecule has 0 bridgehead atoms. The molecule has 0 fully saturated rings. The Morgan fingerprint density at radius 2 is 1.85 bits per heavy atom. The maximum atomic E-state index is 12.5. The van der Waals surface area contributed by atoms with Gasteiger partial charge in [0.15, 0.2) is 0 Å². The van der Waals surface area contributed by atoms with E-state index in [1.54, 1.807) is 38.5 Å². The highest BCUT2D eigenvalue weighted by molar-refractivity contribution is 5.93.